The number of carbonyl (C=O) groups is 1. The summed E-state index contributed by atoms with van der Waals surface area (Å²) in [6.07, 6.45) is 0. The normalized spacial score (nSPS) is 20.6. The molecule has 16 heavy (non-hydrogen) atoms. The quantitative estimate of drug-likeness (QED) is 0.839. The number of hydrogen-bond donors (Lipinski definition) is 0. The van der Waals surface area contributed by atoms with E-state index in [9.17, 15) is 4.79 Å². The molecule has 0 radical (unpaired) electrons. The second kappa shape index (κ2) is 4.15. The van der Waals surface area contributed by atoms with E-state index in [0.717, 1.165) is 5.56 Å². The number of thiophene rings is 1. The van der Waals surface area contributed by atoms with Crippen molar-refractivity contribution in [2.24, 2.45) is 0 Å². The van der Waals surface area contributed by atoms with E-state index in [1.54, 1.807) is 33.5 Å². The van der Waals surface area contributed by atoms with Crippen LogP contribution in [0.3, 0.4) is 0 Å². The van der Waals surface area contributed by atoms with Crippen molar-refractivity contribution in [1.82, 2.24) is 10.2 Å². The summed E-state index contributed by atoms with van der Waals surface area (Å²) in [6, 6.07) is 2.05. The Labute approximate surface area is 104 Å². The highest BCUT2D eigenvalue weighted by atomic mass is 32.2. The van der Waals surface area contributed by atoms with Gasteiger partial charge in [-0.15, -0.1) is 22.0 Å². The van der Waals surface area contributed by atoms with Gasteiger partial charge in [-0.05, 0) is 22.4 Å². The van der Waals surface area contributed by atoms with Gasteiger partial charge in [-0.3, -0.25) is 9.69 Å². The molecule has 82 valence electrons. The number of carbonyl (C=O) groups excluding carboxylic acids is 1. The fourth-order valence-electron chi connectivity index (χ4n) is 1.57. The highest BCUT2D eigenvalue weighted by Crippen LogP contribution is 2.42. The molecule has 0 N–H and O–H groups in total. The Morgan fingerprint density at radius 2 is 2.44 bits per heavy atom. The van der Waals surface area contributed by atoms with E-state index >= 15 is 0 Å². The highest BCUT2D eigenvalue weighted by molar-refractivity contribution is 8.00. The van der Waals surface area contributed by atoms with E-state index in [1.807, 2.05) is 5.38 Å². The topological polar surface area (TPSA) is 46.1 Å². The standard InChI is InChI=1S/C9H7N3OS3/c13-7-4-15-8(6-1-2-14-3-6)12(7)9-11-10-5-16-9/h1-3,5,8H,4H2. The molecule has 0 saturated carbocycles. The zero-order chi connectivity index (χ0) is 11.0. The van der Waals surface area contributed by atoms with Crippen LogP contribution in [0, 0.1) is 0 Å². The lowest BCUT2D eigenvalue weighted by molar-refractivity contribution is -0.115. The van der Waals surface area contributed by atoms with Gasteiger partial charge in [0.1, 0.15) is 10.9 Å². The van der Waals surface area contributed by atoms with Crippen molar-refractivity contribution in [1.29, 1.82) is 0 Å². The Morgan fingerprint density at radius 1 is 1.50 bits per heavy atom. The second-order valence-corrected chi connectivity index (χ2v) is 5.87. The number of nitrogens with zero attached hydrogens (tertiary/aromatic N) is 3. The summed E-state index contributed by atoms with van der Waals surface area (Å²) in [5.41, 5.74) is 2.81. The van der Waals surface area contributed by atoms with Crippen molar-refractivity contribution >= 4 is 45.5 Å². The monoisotopic (exact) mass is 269 g/mol. The summed E-state index contributed by atoms with van der Waals surface area (Å²) in [5, 5.41) is 12.6. The third-order valence-electron chi connectivity index (χ3n) is 2.25. The van der Waals surface area contributed by atoms with Gasteiger partial charge < -0.3 is 0 Å². The summed E-state index contributed by atoms with van der Waals surface area (Å²) in [4.78, 5) is 13.6. The van der Waals surface area contributed by atoms with Crippen LogP contribution in [0.15, 0.2) is 22.3 Å². The van der Waals surface area contributed by atoms with Gasteiger partial charge in [0.25, 0.3) is 0 Å². The third-order valence-corrected chi connectivity index (χ3v) is 4.85. The molecule has 0 spiro atoms. The first-order chi connectivity index (χ1) is 7.86. The molecule has 1 atom stereocenters. The Morgan fingerprint density at radius 3 is 3.12 bits per heavy atom. The first kappa shape index (κ1) is 10.2. The first-order valence-electron chi connectivity index (χ1n) is 4.58. The summed E-state index contributed by atoms with van der Waals surface area (Å²) in [7, 11) is 0. The van der Waals surface area contributed by atoms with Crippen molar-refractivity contribution in [2.45, 2.75) is 5.37 Å². The van der Waals surface area contributed by atoms with Crippen LogP contribution in [-0.4, -0.2) is 21.9 Å². The average molecular weight is 269 g/mol. The molecule has 3 rings (SSSR count). The van der Waals surface area contributed by atoms with Crippen molar-refractivity contribution in [3.05, 3.63) is 27.9 Å². The van der Waals surface area contributed by atoms with E-state index in [4.69, 9.17) is 0 Å². The van der Waals surface area contributed by atoms with E-state index in [2.05, 4.69) is 21.6 Å². The lowest BCUT2D eigenvalue weighted by Gasteiger charge is -2.19. The maximum Gasteiger partial charge on any atom is 0.240 e. The number of amides is 1. The highest BCUT2D eigenvalue weighted by Gasteiger charge is 2.35. The molecule has 4 nitrogen and oxygen atoms in total. The van der Waals surface area contributed by atoms with Crippen molar-refractivity contribution in [3.63, 3.8) is 0 Å². The van der Waals surface area contributed by atoms with E-state index in [0.29, 0.717) is 10.9 Å². The molecule has 7 heteroatoms. The summed E-state index contributed by atoms with van der Waals surface area (Å²) in [6.45, 7) is 0. The minimum atomic E-state index is 0.0618. The molecule has 2 aromatic heterocycles. The van der Waals surface area contributed by atoms with Crippen LogP contribution >= 0.6 is 34.4 Å². The molecular formula is C9H7N3OS3. The van der Waals surface area contributed by atoms with Crippen LogP contribution in [-0.2, 0) is 4.79 Å². The fraction of sp³-hybridized carbons (Fsp3) is 0.222. The minimum absolute atomic E-state index is 0.0618. The van der Waals surface area contributed by atoms with Crippen molar-refractivity contribution in [3.8, 4) is 0 Å². The lowest BCUT2D eigenvalue weighted by atomic mass is 10.3. The molecule has 2 aromatic rings. The van der Waals surface area contributed by atoms with Crippen molar-refractivity contribution < 1.29 is 4.79 Å². The van der Waals surface area contributed by atoms with Gasteiger partial charge in [0.15, 0.2) is 0 Å². The van der Waals surface area contributed by atoms with Crippen LogP contribution < -0.4 is 4.90 Å². The first-order valence-corrected chi connectivity index (χ1v) is 7.45. The van der Waals surface area contributed by atoms with Crippen LogP contribution in [0.5, 0.6) is 0 Å². The molecule has 1 aliphatic rings. The predicted octanol–water partition coefficient (Wildman–Crippen LogP) is 2.38. The molecule has 1 fully saturated rings. The predicted molar refractivity (Wildman–Crippen MR) is 66.9 cm³/mol. The fourth-order valence-corrected chi connectivity index (χ4v) is 4.15. The molecule has 1 saturated heterocycles. The number of aromatic nitrogens is 2. The zero-order valence-electron chi connectivity index (χ0n) is 8.07. The number of anilines is 1. The molecule has 3 heterocycles. The Bertz CT molecular complexity index is 482. The van der Waals surface area contributed by atoms with E-state index in [1.165, 1.54) is 11.3 Å². The van der Waals surface area contributed by atoms with Crippen LogP contribution in [0.4, 0.5) is 5.13 Å². The van der Waals surface area contributed by atoms with Crippen molar-refractivity contribution in [2.75, 3.05) is 10.7 Å². The van der Waals surface area contributed by atoms with Crippen LogP contribution in [0.1, 0.15) is 10.9 Å². The largest absolute Gasteiger partial charge is 0.273 e. The van der Waals surface area contributed by atoms with Gasteiger partial charge in [-0.1, -0.05) is 11.3 Å². The van der Waals surface area contributed by atoms with Gasteiger partial charge in [0.2, 0.25) is 11.0 Å². The van der Waals surface area contributed by atoms with Gasteiger partial charge in [0, 0.05) is 0 Å². The SMILES string of the molecule is O=C1CSC(c2ccsc2)N1c1nncs1. The van der Waals surface area contributed by atoms with Crippen LogP contribution in [0.2, 0.25) is 0 Å². The van der Waals surface area contributed by atoms with Gasteiger partial charge in [-0.2, -0.15) is 11.3 Å². The number of rotatable bonds is 2. The lowest BCUT2D eigenvalue weighted by Crippen LogP contribution is -2.27. The molecule has 1 unspecified atom stereocenters. The van der Waals surface area contributed by atoms with Gasteiger partial charge >= 0.3 is 0 Å². The molecule has 1 amide bonds. The maximum absolute atomic E-state index is 11.8. The maximum atomic E-state index is 11.8. The summed E-state index contributed by atoms with van der Waals surface area (Å²) >= 11 is 4.68. The minimum Gasteiger partial charge on any atom is -0.273 e. The second-order valence-electron chi connectivity index (χ2n) is 3.21. The molecule has 1 aliphatic heterocycles. The summed E-state index contributed by atoms with van der Waals surface area (Å²) in [5.74, 6) is 0.623. The van der Waals surface area contributed by atoms with E-state index in [-0.39, 0.29) is 11.3 Å². The van der Waals surface area contributed by atoms with Crippen LogP contribution in [0.25, 0.3) is 0 Å². The molecule has 0 bridgehead atoms. The molecule has 0 aliphatic carbocycles. The Balaban J connectivity index is 1.97. The van der Waals surface area contributed by atoms with E-state index < -0.39 is 0 Å². The average Bonchev–Trinajstić information content (AvgIpc) is 2.96. The smallest absolute Gasteiger partial charge is 0.240 e. The van der Waals surface area contributed by atoms with Gasteiger partial charge in [0.05, 0.1) is 5.75 Å². The summed E-state index contributed by atoms with van der Waals surface area (Å²) < 4.78 is 0. The van der Waals surface area contributed by atoms with Gasteiger partial charge in [-0.25, -0.2) is 0 Å². The molecular weight excluding hydrogens is 262 g/mol. The Kier molecular flexibility index (Phi) is 2.66. The number of hydrogen-bond acceptors (Lipinski definition) is 6. The zero-order valence-corrected chi connectivity index (χ0v) is 10.5. The third kappa shape index (κ3) is 1.64. The Hall–Kier alpha value is -0.920. The molecule has 0 aromatic carbocycles. The number of thioether (sulfide) groups is 1.